The molecular formula is C15H17N3O3. The first-order chi connectivity index (χ1) is 10.0. The lowest BCUT2D eigenvalue weighted by atomic mass is 10.1. The van der Waals surface area contributed by atoms with Gasteiger partial charge in [-0.15, -0.1) is 0 Å². The van der Waals surface area contributed by atoms with Gasteiger partial charge in [0, 0.05) is 18.8 Å². The van der Waals surface area contributed by atoms with Gasteiger partial charge in [-0.3, -0.25) is 15.1 Å². The highest BCUT2D eigenvalue weighted by Gasteiger charge is 2.19. The number of aromatic nitrogens is 1. The Morgan fingerprint density at radius 1 is 1.29 bits per heavy atom. The maximum atomic E-state index is 11.2. The van der Waals surface area contributed by atoms with Crippen LogP contribution < -0.4 is 10.1 Å². The molecular weight excluding hydrogens is 270 g/mol. The van der Waals surface area contributed by atoms with E-state index in [-0.39, 0.29) is 11.4 Å². The van der Waals surface area contributed by atoms with Gasteiger partial charge in [-0.2, -0.15) is 0 Å². The number of ether oxygens (including phenoxy) is 1. The van der Waals surface area contributed by atoms with Crippen LogP contribution in [0.2, 0.25) is 0 Å². The molecule has 1 aromatic carbocycles. The molecule has 0 unspecified atom stereocenters. The molecule has 6 heteroatoms. The summed E-state index contributed by atoms with van der Waals surface area (Å²) in [5, 5.41) is 14.2. The van der Waals surface area contributed by atoms with Gasteiger partial charge in [0.05, 0.1) is 11.1 Å². The molecule has 0 aliphatic carbocycles. The number of aryl methyl sites for hydroxylation is 2. The van der Waals surface area contributed by atoms with E-state index in [1.807, 2.05) is 26.1 Å². The second kappa shape index (κ2) is 6.32. The number of pyridine rings is 1. The van der Waals surface area contributed by atoms with Gasteiger partial charge >= 0.3 is 5.69 Å². The number of nitro benzene ring substituents is 1. The van der Waals surface area contributed by atoms with Crippen LogP contribution in [0.15, 0.2) is 30.6 Å². The van der Waals surface area contributed by atoms with E-state index in [0.29, 0.717) is 12.3 Å². The lowest BCUT2D eigenvalue weighted by molar-refractivity contribution is -0.385. The first kappa shape index (κ1) is 14.9. The standard InChI is InChI=1S/C15H17N3O3/c1-10-4-11(2)15(14(5-10)18(19)20)21-13-6-12(7-16-3)8-17-9-13/h4-6,8-9,16H,7H2,1-3H3. The molecule has 21 heavy (non-hydrogen) atoms. The number of nitrogens with one attached hydrogen (secondary N) is 1. The van der Waals surface area contributed by atoms with Crippen molar-refractivity contribution in [3.8, 4) is 11.5 Å². The van der Waals surface area contributed by atoms with Crippen molar-refractivity contribution in [3.05, 3.63) is 57.4 Å². The van der Waals surface area contributed by atoms with E-state index in [1.54, 1.807) is 19.3 Å². The van der Waals surface area contributed by atoms with Crippen LogP contribution in [0.25, 0.3) is 0 Å². The van der Waals surface area contributed by atoms with Crippen molar-refractivity contribution in [2.24, 2.45) is 0 Å². The Balaban J connectivity index is 2.39. The van der Waals surface area contributed by atoms with Gasteiger partial charge in [-0.1, -0.05) is 6.07 Å². The fourth-order valence-electron chi connectivity index (χ4n) is 2.14. The van der Waals surface area contributed by atoms with Crippen molar-refractivity contribution in [2.45, 2.75) is 20.4 Å². The lowest BCUT2D eigenvalue weighted by Gasteiger charge is -2.10. The predicted molar refractivity (Wildman–Crippen MR) is 79.6 cm³/mol. The Kier molecular flexibility index (Phi) is 4.49. The zero-order valence-electron chi connectivity index (χ0n) is 12.2. The summed E-state index contributed by atoms with van der Waals surface area (Å²) in [6.45, 7) is 4.26. The second-order valence-corrected chi connectivity index (χ2v) is 4.85. The Morgan fingerprint density at radius 3 is 2.71 bits per heavy atom. The van der Waals surface area contributed by atoms with Crippen molar-refractivity contribution in [1.82, 2.24) is 10.3 Å². The third-order valence-corrected chi connectivity index (χ3v) is 2.97. The number of benzene rings is 1. The van der Waals surface area contributed by atoms with E-state index >= 15 is 0 Å². The van der Waals surface area contributed by atoms with Gasteiger partial charge < -0.3 is 10.1 Å². The fraction of sp³-hybridized carbons (Fsp3) is 0.267. The molecule has 0 radical (unpaired) electrons. The van der Waals surface area contributed by atoms with Crippen molar-refractivity contribution in [1.29, 1.82) is 0 Å². The zero-order valence-corrected chi connectivity index (χ0v) is 12.2. The number of nitrogens with zero attached hydrogens (tertiary/aromatic N) is 2. The van der Waals surface area contributed by atoms with Gasteiger partial charge in [0.2, 0.25) is 5.75 Å². The molecule has 0 amide bonds. The fourth-order valence-corrected chi connectivity index (χ4v) is 2.14. The second-order valence-electron chi connectivity index (χ2n) is 4.85. The van der Waals surface area contributed by atoms with E-state index in [0.717, 1.165) is 16.7 Å². The van der Waals surface area contributed by atoms with E-state index < -0.39 is 4.92 Å². The van der Waals surface area contributed by atoms with Gasteiger partial charge in [-0.05, 0) is 43.7 Å². The number of hydrogen-bond acceptors (Lipinski definition) is 5. The first-order valence-corrected chi connectivity index (χ1v) is 6.53. The summed E-state index contributed by atoms with van der Waals surface area (Å²) in [7, 11) is 1.84. The summed E-state index contributed by atoms with van der Waals surface area (Å²) in [5.74, 6) is 0.742. The Morgan fingerprint density at radius 2 is 2.05 bits per heavy atom. The highest BCUT2D eigenvalue weighted by molar-refractivity contribution is 5.55. The number of rotatable bonds is 5. The Bertz CT molecular complexity index is 671. The summed E-state index contributed by atoms with van der Waals surface area (Å²) in [6, 6.07) is 5.17. The summed E-state index contributed by atoms with van der Waals surface area (Å²) in [6.07, 6.45) is 3.27. The normalized spacial score (nSPS) is 10.4. The smallest absolute Gasteiger partial charge is 0.312 e. The zero-order chi connectivity index (χ0) is 15.4. The lowest BCUT2D eigenvalue weighted by Crippen LogP contribution is -2.05. The van der Waals surface area contributed by atoms with Crippen LogP contribution in [0.5, 0.6) is 11.5 Å². The van der Waals surface area contributed by atoms with Crippen LogP contribution in [0, 0.1) is 24.0 Å². The molecule has 2 rings (SSSR count). The number of hydrogen-bond donors (Lipinski definition) is 1. The molecule has 0 bridgehead atoms. The first-order valence-electron chi connectivity index (χ1n) is 6.53. The summed E-state index contributed by atoms with van der Waals surface area (Å²) in [4.78, 5) is 14.8. The molecule has 1 heterocycles. The topological polar surface area (TPSA) is 77.3 Å². The van der Waals surface area contributed by atoms with Gasteiger partial charge in [-0.25, -0.2) is 0 Å². The highest BCUT2D eigenvalue weighted by atomic mass is 16.6. The molecule has 0 fully saturated rings. The van der Waals surface area contributed by atoms with Gasteiger partial charge in [0.1, 0.15) is 5.75 Å². The van der Waals surface area contributed by atoms with Crippen molar-refractivity contribution in [2.75, 3.05) is 7.05 Å². The predicted octanol–water partition coefficient (Wildman–Crippen LogP) is 3.12. The molecule has 110 valence electrons. The third kappa shape index (κ3) is 3.55. The van der Waals surface area contributed by atoms with E-state index in [4.69, 9.17) is 4.74 Å². The van der Waals surface area contributed by atoms with E-state index in [2.05, 4.69) is 10.3 Å². The largest absolute Gasteiger partial charge is 0.448 e. The monoisotopic (exact) mass is 287 g/mol. The highest BCUT2D eigenvalue weighted by Crippen LogP contribution is 2.35. The quantitative estimate of drug-likeness (QED) is 0.675. The minimum Gasteiger partial charge on any atom is -0.448 e. The van der Waals surface area contributed by atoms with Crippen LogP contribution in [0.4, 0.5) is 5.69 Å². The molecule has 0 saturated carbocycles. The maximum absolute atomic E-state index is 11.2. The molecule has 1 N–H and O–H groups in total. The maximum Gasteiger partial charge on any atom is 0.312 e. The molecule has 0 aliphatic rings. The molecule has 0 saturated heterocycles. The van der Waals surface area contributed by atoms with Crippen LogP contribution in [-0.2, 0) is 6.54 Å². The van der Waals surface area contributed by atoms with Crippen molar-refractivity contribution < 1.29 is 9.66 Å². The van der Waals surface area contributed by atoms with Crippen molar-refractivity contribution in [3.63, 3.8) is 0 Å². The number of nitro groups is 1. The Labute approximate surface area is 122 Å². The Hall–Kier alpha value is -2.47. The average molecular weight is 287 g/mol. The minimum atomic E-state index is -0.430. The van der Waals surface area contributed by atoms with Crippen LogP contribution >= 0.6 is 0 Å². The molecule has 1 aromatic heterocycles. The molecule has 0 atom stereocenters. The minimum absolute atomic E-state index is 0.0356. The van der Waals surface area contributed by atoms with Crippen LogP contribution in [-0.4, -0.2) is 17.0 Å². The summed E-state index contributed by atoms with van der Waals surface area (Å²) >= 11 is 0. The van der Waals surface area contributed by atoms with Gasteiger partial charge in [0.15, 0.2) is 0 Å². The van der Waals surface area contributed by atoms with Crippen LogP contribution in [0.1, 0.15) is 16.7 Å². The molecule has 0 spiro atoms. The van der Waals surface area contributed by atoms with Gasteiger partial charge in [0.25, 0.3) is 0 Å². The van der Waals surface area contributed by atoms with E-state index in [1.165, 1.54) is 6.07 Å². The van der Waals surface area contributed by atoms with Crippen molar-refractivity contribution >= 4 is 5.69 Å². The SMILES string of the molecule is CNCc1cncc(Oc2c(C)cc(C)cc2[N+](=O)[O-])c1. The van der Waals surface area contributed by atoms with Crippen LogP contribution in [0.3, 0.4) is 0 Å². The van der Waals surface area contributed by atoms with E-state index in [9.17, 15) is 10.1 Å². The summed E-state index contributed by atoms with van der Waals surface area (Å²) in [5.41, 5.74) is 2.46. The molecule has 0 aliphatic heterocycles. The molecule has 2 aromatic rings. The molecule has 6 nitrogen and oxygen atoms in total. The summed E-state index contributed by atoms with van der Waals surface area (Å²) < 4.78 is 5.71. The average Bonchev–Trinajstić information content (AvgIpc) is 2.42. The third-order valence-electron chi connectivity index (χ3n) is 2.97.